The van der Waals surface area contributed by atoms with Gasteiger partial charge in [0.15, 0.2) is 5.78 Å². The summed E-state index contributed by atoms with van der Waals surface area (Å²) >= 11 is 3.32. The maximum Gasteiger partial charge on any atom is 0.256 e. The lowest BCUT2D eigenvalue weighted by Gasteiger charge is -1.99. The van der Waals surface area contributed by atoms with E-state index in [1.165, 1.54) is 6.08 Å². The summed E-state index contributed by atoms with van der Waals surface area (Å²) in [5.41, 5.74) is 2.47. The Morgan fingerprint density at radius 3 is 2.50 bits per heavy atom. The Kier molecular flexibility index (Phi) is 3.24. The normalized spacial score (nSPS) is 15.1. The van der Waals surface area contributed by atoms with Gasteiger partial charge in [0.25, 0.3) is 5.91 Å². The first-order chi connectivity index (χ1) is 9.65. The first-order valence-electron chi connectivity index (χ1n) is 6.07. The summed E-state index contributed by atoms with van der Waals surface area (Å²) in [6.45, 7) is 0. The number of hydrogen-bond acceptors (Lipinski definition) is 2. The molecule has 20 heavy (non-hydrogen) atoms. The molecule has 2 aromatic carbocycles. The number of carbonyl (C=O) groups is 2. The molecule has 0 bridgehead atoms. The van der Waals surface area contributed by atoms with Crippen molar-refractivity contribution in [3.63, 3.8) is 0 Å². The molecule has 1 N–H and O–H groups in total. The summed E-state index contributed by atoms with van der Waals surface area (Å²) in [7, 11) is 0. The predicted octanol–water partition coefficient (Wildman–Crippen LogP) is 3.67. The van der Waals surface area contributed by atoms with Crippen molar-refractivity contribution in [3.8, 4) is 0 Å². The van der Waals surface area contributed by atoms with Gasteiger partial charge < -0.3 is 5.32 Å². The van der Waals surface area contributed by atoms with E-state index >= 15 is 0 Å². The van der Waals surface area contributed by atoms with Crippen LogP contribution in [0.4, 0.5) is 5.69 Å². The Hall–Kier alpha value is -2.20. The van der Waals surface area contributed by atoms with Crippen molar-refractivity contribution in [1.29, 1.82) is 0 Å². The second-order valence-corrected chi connectivity index (χ2v) is 5.34. The number of amides is 1. The highest BCUT2D eigenvalue weighted by atomic mass is 79.9. The van der Waals surface area contributed by atoms with Gasteiger partial charge in [-0.1, -0.05) is 34.1 Å². The highest BCUT2D eigenvalue weighted by Crippen LogP contribution is 2.31. The van der Waals surface area contributed by atoms with Crippen LogP contribution in [-0.2, 0) is 4.79 Å². The molecule has 1 heterocycles. The zero-order valence-corrected chi connectivity index (χ0v) is 12.0. The molecule has 0 radical (unpaired) electrons. The minimum Gasteiger partial charge on any atom is -0.321 e. The zero-order chi connectivity index (χ0) is 14.1. The van der Waals surface area contributed by atoms with E-state index in [1.54, 1.807) is 24.3 Å². The average Bonchev–Trinajstić information content (AvgIpc) is 2.76. The van der Waals surface area contributed by atoms with Gasteiger partial charge in [-0.15, -0.1) is 0 Å². The van der Waals surface area contributed by atoms with E-state index in [-0.39, 0.29) is 11.7 Å². The van der Waals surface area contributed by atoms with E-state index in [4.69, 9.17) is 0 Å². The van der Waals surface area contributed by atoms with Crippen LogP contribution in [0.25, 0.3) is 5.57 Å². The summed E-state index contributed by atoms with van der Waals surface area (Å²) < 4.78 is 0.908. The topological polar surface area (TPSA) is 46.2 Å². The number of benzene rings is 2. The van der Waals surface area contributed by atoms with Gasteiger partial charge in [-0.05, 0) is 36.4 Å². The number of nitrogens with one attached hydrogen (secondary N) is 1. The molecule has 0 unspecified atom stereocenters. The summed E-state index contributed by atoms with van der Waals surface area (Å²) in [5.74, 6) is -0.420. The van der Waals surface area contributed by atoms with Crippen LogP contribution in [0.3, 0.4) is 0 Å². The molecule has 0 aliphatic carbocycles. The molecule has 0 spiro atoms. The highest BCUT2D eigenvalue weighted by Gasteiger charge is 2.24. The fourth-order valence-corrected chi connectivity index (χ4v) is 2.38. The van der Waals surface area contributed by atoms with E-state index < -0.39 is 0 Å². The minimum absolute atomic E-state index is 0.181. The smallest absolute Gasteiger partial charge is 0.256 e. The summed E-state index contributed by atoms with van der Waals surface area (Å²) in [4.78, 5) is 24.1. The second-order valence-electron chi connectivity index (χ2n) is 4.43. The van der Waals surface area contributed by atoms with Gasteiger partial charge >= 0.3 is 0 Å². The molecule has 0 atom stereocenters. The van der Waals surface area contributed by atoms with Gasteiger partial charge in [-0.25, -0.2) is 0 Å². The van der Waals surface area contributed by atoms with Crippen LogP contribution in [0, 0.1) is 0 Å². The van der Waals surface area contributed by atoms with Gasteiger partial charge in [0.1, 0.15) is 0 Å². The molecule has 98 valence electrons. The Labute approximate surface area is 124 Å². The number of hydrogen-bond donors (Lipinski definition) is 1. The van der Waals surface area contributed by atoms with Crippen LogP contribution < -0.4 is 5.32 Å². The quantitative estimate of drug-likeness (QED) is 0.675. The van der Waals surface area contributed by atoms with Gasteiger partial charge in [0, 0.05) is 21.3 Å². The van der Waals surface area contributed by atoms with Crippen LogP contribution in [-0.4, -0.2) is 11.7 Å². The number of ketones is 1. The van der Waals surface area contributed by atoms with E-state index in [0.717, 1.165) is 15.7 Å². The Bertz CT molecular complexity index is 732. The third-order valence-electron chi connectivity index (χ3n) is 3.11. The maximum atomic E-state index is 12.2. The molecule has 3 nitrogen and oxygen atoms in total. The van der Waals surface area contributed by atoms with Crippen molar-refractivity contribution in [1.82, 2.24) is 0 Å². The van der Waals surface area contributed by atoms with E-state index in [2.05, 4.69) is 21.2 Å². The zero-order valence-electron chi connectivity index (χ0n) is 10.4. The van der Waals surface area contributed by atoms with Crippen molar-refractivity contribution >= 4 is 38.9 Å². The number of halogens is 1. The third kappa shape index (κ3) is 2.30. The van der Waals surface area contributed by atoms with Crippen LogP contribution in [0.1, 0.15) is 15.9 Å². The van der Waals surface area contributed by atoms with Crippen molar-refractivity contribution < 1.29 is 9.59 Å². The fourth-order valence-electron chi connectivity index (χ4n) is 2.11. The lowest BCUT2D eigenvalue weighted by Crippen LogP contribution is -2.05. The van der Waals surface area contributed by atoms with Crippen LogP contribution in [0.5, 0.6) is 0 Å². The Balaban J connectivity index is 1.98. The molecule has 0 fully saturated rings. The average molecular weight is 328 g/mol. The summed E-state index contributed by atoms with van der Waals surface area (Å²) in [6, 6.07) is 14.4. The molecule has 0 saturated heterocycles. The van der Waals surface area contributed by atoms with Gasteiger partial charge in [-0.2, -0.15) is 0 Å². The molecule has 2 aromatic rings. The molecule has 0 aromatic heterocycles. The predicted molar refractivity (Wildman–Crippen MR) is 81.5 cm³/mol. The number of rotatable bonds is 2. The molecule has 0 saturated carbocycles. The van der Waals surface area contributed by atoms with Gasteiger partial charge in [-0.3, -0.25) is 9.59 Å². The largest absolute Gasteiger partial charge is 0.321 e. The van der Waals surface area contributed by atoms with Crippen LogP contribution in [0.15, 0.2) is 59.1 Å². The molecule has 4 heteroatoms. The molecule has 1 aliphatic heterocycles. The number of fused-ring (bicyclic) bond motifs is 1. The molecule has 1 aliphatic rings. The van der Waals surface area contributed by atoms with Crippen molar-refractivity contribution in [2.75, 3.05) is 5.32 Å². The molecular formula is C16H10BrNO2. The first kappa shape index (κ1) is 12.8. The monoisotopic (exact) mass is 327 g/mol. The molecular weight excluding hydrogens is 318 g/mol. The van der Waals surface area contributed by atoms with Crippen molar-refractivity contribution in [2.45, 2.75) is 0 Å². The molecule has 3 rings (SSSR count). The van der Waals surface area contributed by atoms with E-state index in [0.29, 0.717) is 11.1 Å². The minimum atomic E-state index is -0.239. The number of allylic oxidation sites excluding steroid dienone is 1. The highest BCUT2D eigenvalue weighted by molar-refractivity contribution is 9.10. The second kappa shape index (κ2) is 5.06. The first-order valence-corrected chi connectivity index (χ1v) is 6.87. The lowest BCUT2D eigenvalue weighted by atomic mass is 10.0. The van der Waals surface area contributed by atoms with E-state index in [9.17, 15) is 9.59 Å². The summed E-state index contributed by atoms with van der Waals surface area (Å²) in [5, 5.41) is 2.75. The van der Waals surface area contributed by atoms with Gasteiger partial charge in [0.05, 0.1) is 5.57 Å². The van der Waals surface area contributed by atoms with Crippen LogP contribution in [0.2, 0.25) is 0 Å². The number of para-hydroxylation sites is 1. The maximum absolute atomic E-state index is 12.2. The molecule has 1 amide bonds. The number of carbonyl (C=O) groups excluding carboxylic acids is 2. The van der Waals surface area contributed by atoms with Crippen molar-refractivity contribution in [3.05, 3.63) is 70.2 Å². The SMILES string of the molecule is O=C1Nc2ccccc2/C1=C\C(=O)c1ccc(Br)cc1. The van der Waals surface area contributed by atoms with Crippen LogP contribution >= 0.6 is 15.9 Å². The van der Waals surface area contributed by atoms with Gasteiger partial charge in [0.2, 0.25) is 0 Å². The standard InChI is InChI=1S/C16H10BrNO2/c17-11-7-5-10(6-8-11)15(19)9-13-12-3-1-2-4-14(12)18-16(13)20/h1-9H,(H,18,20)/b13-9+. The third-order valence-corrected chi connectivity index (χ3v) is 3.64. The Morgan fingerprint density at radius 2 is 1.75 bits per heavy atom. The van der Waals surface area contributed by atoms with E-state index in [1.807, 2.05) is 24.3 Å². The number of anilines is 1. The fraction of sp³-hybridized carbons (Fsp3) is 0. The lowest BCUT2D eigenvalue weighted by molar-refractivity contribution is -0.110. The van der Waals surface area contributed by atoms with Crippen molar-refractivity contribution in [2.24, 2.45) is 0 Å². The summed E-state index contributed by atoms with van der Waals surface area (Å²) in [6.07, 6.45) is 1.39. The Morgan fingerprint density at radius 1 is 1.05 bits per heavy atom.